The van der Waals surface area contributed by atoms with Gasteiger partial charge in [0.2, 0.25) is 0 Å². The molecule has 1 unspecified atom stereocenters. The number of alkyl halides is 7. The Morgan fingerprint density at radius 1 is 1.05 bits per heavy atom. The van der Waals surface area contributed by atoms with Crippen LogP contribution in [-0.2, 0) is 0 Å². The quantitative estimate of drug-likeness (QED) is 0.561. The zero-order chi connectivity index (χ0) is 15.7. The predicted octanol–water partition coefficient (Wildman–Crippen LogP) is 5.02. The summed E-state index contributed by atoms with van der Waals surface area (Å²) in [6, 6.07) is 3.53. The van der Waals surface area contributed by atoms with E-state index in [1.165, 1.54) is 20.1 Å². The van der Waals surface area contributed by atoms with Crippen molar-refractivity contribution < 1.29 is 31.1 Å². The van der Waals surface area contributed by atoms with Crippen LogP contribution in [0.2, 0.25) is 0 Å². The van der Waals surface area contributed by atoms with Crippen LogP contribution in [0.1, 0.15) is 16.5 Å². The summed E-state index contributed by atoms with van der Waals surface area (Å²) in [6.45, 7) is 1.50. The van der Waals surface area contributed by atoms with Crippen LogP contribution in [0.5, 0.6) is 5.75 Å². The zero-order valence-electron chi connectivity index (χ0n) is 10.4. The van der Waals surface area contributed by atoms with Crippen LogP contribution >= 0.6 is 11.6 Å². The van der Waals surface area contributed by atoms with E-state index in [2.05, 4.69) is 0 Å². The van der Waals surface area contributed by atoms with Crippen LogP contribution < -0.4 is 4.74 Å². The molecule has 0 amide bonds. The van der Waals surface area contributed by atoms with Gasteiger partial charge in [0.25, 0.3) is 0 Å². The normalized spacial score (nSPS) is 14.5. The molecule has 1 aromatic carbocycles. The minimum Gasteiger partial charge on any atom is -0.496 e. The molecule has 0 fully saturated rings. The van der Waals surface area contributed by atoms with Crippen LogP contribution in [-0.4, -0.2) is 19.5 Å². The smallest absolute Gasteiger partial charge is 0.402 e. The van der Waals surface area contributed by atoms with Crippen molar-refractivity contribution in [3.63, 3.8) is 0 Å². The summed E-state index contributed by atoms with van der Waals surface area (Å²) in [4.78, 5) is 0. The van der Waals surface area contributed by atoms with Crippen molar-refractivity contribution >= 4 is 11.6 Å². The lowest BCUT2D eigenvalue weighted by Gasteiger charge is -2.27. The maximum Gasteiger partial charge on any atom is 0.402 e. The van der Waals surface area contributed by atoms with E-state index in [1.54, 1.807) is 0 Å². The summed E-state index contributed by atoms with van der Waals surface area (Å²) in [7, 11) is 1.34. The first-order valence-corrected chi connectivity index (χ1v) is 5.84. The fourth-order valence-corrected chi connectivity index (χ4v) is 2.20. The molecule has 0 N–H and O–H groups in total. The number of ether oxygens (including phenoxy) is 1. The highest BCUT2D eigenvalue weighted by molar-refractivity contribution is 6.21. The number of aryl methyl sites for hydroxylation is 1. The Kier molecular flexibility index (Phi) is 4.84. The molecule has 0 aromatic heterocycles. The molecule has 1 aromatic rings. The Morgan fingerprint density at radius 2 is 1.55 bits per heavy atom. The first-order chi connectivity index (χ1) is 8.98. The average molecular weight is 321 g/mol. The molecule has 0 saturated heterocycles. The van der Waals surface area contributed by atoms with E-state index in [0.29, 0.717) is 11.3 Å². The van der Waals surface area contributed by atoms with E-state index >= 15 is 0 Å². The van der Waals surface area contributed by atoms with Gasteiger partial charge in [0.15, 0.2) is 5.92 Å². The third kappa shape index (κ3) is 3.71. The Hall–Kier alpha value is -1.11. The number of rotatable bonds is 3. The van der Waals surface area contributed by atoms with Gasteiger partial charge in [-0.2, -0.15) is 26.3 Å². The SMILES string of the molecule is COc1ccc(C(Cl)C(C(F)(F)F)C(F)(F)F)cc1C. The molecule has 114 valence electrons. The molecule has 8 heteroatoms. The Bertz CT molecular complexity index is 454. The second-order valence-corrected chi connectivity index (χ2v) is 4.66. The lowest BCUT2D eigenvalue weighted by Crippen LogP contribution is -2.39. The Labute approximate surface area is 116 Å². The van der Waals surface area contributed by atoms with Crippen LogP contribution in [0.15, 0.2) is 18.2 Å². The van der Waals surface area contributed by atoms with E-state index in [9.17, 15) is 26.3 Å². The van der Waals surface area contributed by atoms with Gasteiger partial charge in [-0.15, -0.1) is 11.6 Å². The zero-order valence-corrected chi connectivity index (χ0v) is 11.2. The summed E-state index contributed by atoms with van der Waals surface area (Å²) in [6.07, 6.45) is -10.9. The van der Waals surface area contributed by atoms with Gasteiger partial charge in [0.05, 0.1) is 12.5 Å². The molecule has 1 rings (SSSR count). The second-order valence-electron chi connectivity index (χ2n) is 4.19. The van der Waals surface area contributed by atoms with Gasteiger partial charge in [-0.1, -0.05) is 12.1 Å². The van der Waals surface area contributed by atoms with E-state index in [-0.39, 0.29) is 5.56 Å². The lowest BCUT2D eigenvalue weighted by molar-refractivity contribution is -0.284. The van der Waals surface area contributed by atoms with Crippen molar-refractivity contribution in [1.82, 2.24) is 0 Å². The minimum atomic E-state index is -5.47. The average Bonchev–Trinajstić information content (AvgIpc) is 2.24. The van der Waals surface area contributed by atoms with Crippen molar-refractivity contribution in [2.75, 3.05) is 7.11 Å². The molecule has 0 saturated carbocycles. The fraction of sp³-hybridized carbons (Fsp3) is 0.500. The van der Waals surface area contributed by atoms with Crippen molar-refractivity contribution in [2.45, 2.75) is 24.7 Å². The molecule has 1 atom stereocenters. The van der Waals surface area contributed by atoms with Gasteiger partial charge in [-0.3, -0.25) is 0 Å². The molecule has 1 nitrogen and oxygen atoms in total. The summed E-state index contributed by atoms with van der Waals surface area (Å²) in [5.74, 6) is -3.27. The molecule has 0 aliphatic carbocycles. The molecule has 0 radical (unpaired) electrons. The lowest BCUT2D eigenvalue weighted by atomic mass is 9.96. The van der Waals surface area contributed by atoms with E-state index in [0.717, 1.165) is 12.1 Å². The van der Waals surface area contributed by atoms with Gasteiger partial charge < -0.3 is 4.74 Å². The highest BCUT2D eigenvalue weighted by Crippen LogP contribution is 2.49. The van der Waals surface area contributed by atoms with Gasteiger partial charge in [0.1, 0.15) is 5.75 Å². The topological polar surface area (TPSA) is 9.23 Å². The third-order valence-corrected chi connectivity index (χ3v) is 3.24. The number of benzene rings is 1. The molecule has 0 bridgehead atoms. The molecule has 0 aliphatic rings. The van der Waals surface area contributed by atoms with E-state index in [4.69, 9.17) is 16.3 Å². The maximum atomic E-state index is 12.6. The molecule has 0 heterocycles. The monoisotopic (exact) mass is 320 g/mol. The van der Waals surface area contributed by atoms with Crippen LogP contribution in [0, 0.1) is 12.8 Å². The van der Waals surface area contributed by atoms with Crippen LogP contribution in [0.3, 0.4) is 0 Å². The van der Waals surface area contributed by atoms with Crippen molar-refractivity contribution in [3.8, 4) is 5.75 Å². The third-order valence-electron chi connectivity index (χ3n) is 2.74. The second kappa shape index (κ2) is 5.71. The summed E-state index contributed by atoms with van der Waals surface area (Å²) in [5.41, 5.74) is 0.142. The largest absolute Gasteiger partial charge is 0.496 e. The maximum absolute atomic E-state index is 12.6. The van der Waals surface area contributed by atoms with Crippen LogP contribution in [0.4, 0.5) is 26.3 Å². The first-order valence-electron chi connectivity index (χ1n) is 5.40. The van der Waals surface area contributed by atoms with Gasteiger partial charge in [0, 0.05) is 0 Å². The van der Waals surface area contributed by atoms with E-state index in [1.807, 2.05) is 0 Å². The van der Waals surface area contributed by atoms with Crippen molar-refractivity contribution in [1.29, 1.82) is 0 Å². The van der Waals surface area contributed by atoms with Gasteiger partial charge in [-0.25, -0.2) is 0 Å². The van der Waals surface area contributed by atoms with Crippen molar-refractivity contribution in [2.24, 2.45) is 5.92 Å². The number of hydrogen-bond acceptors (Lipinski definition) is 1. The standard InChI is InChI=1S/C12H11ClF6O/c1-6-5-7(3-4-8(6)20-2)9(13)10(11(14,15)16)12(17,18)19/h3-5,9-10H,1-2H3. The summed E-state index contributed by atoms with van der Waals surface area (Å²) >= 11 is 5.43. The highest BCUT2D eigenvalue weighted by atomic mass is 35.5. The highest BCUT2D eigenvalue weighted by Gasteiger charge is 2.60. The molecule has 0 spiro atoms. The van der Waals surface area contributed by atoms with Gasteiger partial charge in [-0.05, 0) is 24.1 Å². The molecule has 0 aliphatic heterocycles. The first kappa shape index (κ1) is 16.9. The van der Waals surface area contributed by atoms with Gasteiger partial charge >= 0.3 is 12.4 Å². The predicted molar refractivity (Wildman–Crippen MR) is 61.9 cm³/mol. The summed E-state index contributed by atoms with van der Waals surface area (Å²) in [5, 5.41) is -2.25. The number of hydrogen-bond donors (Lipinski definition) is 0. The van der Waals surface area contributed by atoms with Crippen LogP contribution in [0.25, 0.3) is 0 Å². The fourth-order valence-electron chi connectivity index (χ4n) is 1.78. The number of halogens is 7. The molecule has 20 heavy (non-hydrogen) atoms. The Balaban J connectivity index is 3.20. The van der Waals surface area contributed by atoms with Crippen molar-refractivity contribution in [3.05, 3.63) is 29.3 Å². The molecular formula is C12H11ClF6O. The Morgan fingerprint density at radius 3 is 1.90 bits per heavy atom. The minimum absolute atomic E-state index is 0.260. The molecular weight excluding hydrogens is 310 g/mol. The number of methoxy groups -OCH3 is 1. The summed E-state index contributed by atoms with van der Waals surface area (Å²) < 4.78 is 80.3. The van der Waals surface area contributed by atoms with E-state index < -0.39 is 23.6 Å².